The molecule has 0 aliphatic carbocycles. The predicted octanol–water partition coefficient (Wildman–Crippen LogP) is 0.160. The highest BCUT2D eigenvalue weighted by atomic mass is 16.7. The molecule has 9 nitrogen and oxygen atoms in total. The largest absolute Gasteiger partial charge is 0.462 e. The van der Waals surface area contributed by atoms with E-state index in [1.54, 1.807) is 0 Å². The summed E-state index contributed by atoms with van der Waals surface area (Å²) >= 11 is 0. The van der Waals surface area contributed by atoms with Crippen LogP contribution < -0.4 is 0 Å². The average molecular weight is 398 g/mol. The van der Waals surface area contributed by atoms with Gasteiger partial charge in [0.25, 0.3) is 0 Å². The Balaban J connectivity index is 2.10. The molecular formula is C19H26O9. The highest BCUT2D eigenvalue weighted by molar-refractivity contribution is 5.67. The smallest absolute Gasteiger partial charge is 0.303 e. The van der Waals surface area contributed by atoms with Gasteiger partial charge >= 0.3 is 11.9 Å². The number of benzene rings is 1. The summed E-state index contributed by atoms with van der Waals surface area (Å²) in [7, 11) is 1.36. The Labute approximate surface area is 163 Å². The van der Waals surface area contributed by atoms with E-state index in [1.165, 1.54) is 21.0 Å². The molecule has 0 radical (unpaired) electrons. The number of carbonyl (C=O) groups is 2. The Morgan fingerprint density at radius 2 is 1.79 bits per heavy atom. The third-order valence-corrected chi connectivity index (χ3v) is 4.23. The molecule has 156 valence electrons. The van der Waals surface area contributed by atoms with Gasteiger partial charge in [-0.1, -0.05) is 30.3 Å². The maximum Gasteiger partial charge on any atom is 0.303 e. The second-order valence-corrected chi connectivity index (χ2v) is 6.40. The lowest BCUT2D eigenvalue weighted by Gasteiger charge is -2.43. The molecule has 9 heteroatoms. The number of aliphatic hydroxyl groups excluding tert-OH is 2. The summed E-state index contributed by atoms with van der Waals surface area (Å²) in [5.74, 6) is -1.24. The molecule has 1 fully saturated rings. The van der Waals surface area contributed by atoms with E-state index in [9.17, 15) is 19.8 Å². The van der Waals surface area contributed by atoms with Crippen LogP contribution in [0.15, 0.2) is 30.3 Å². The van der Waals surface area contributed by atoms with Crippen molar-refractivity contribution in [3.63, 3.8) is 0 Å². The fourth-order valence-electron chi connectivity index (χ4n) is 2.91. The third kappa shape index (κ3) is 5.98. The highest BCUT2D eigenvalue weighted by Gasteiger charge is 2.49. The Kier molecular flexibility index (Phi) is 8.34. The van der Waals surface area contributed by atoms with E-state index in [2.05, 4.69) is 0 Å². The Morgan fingerprint density at radius 1 is 1.11 bits per heavy atom. The Hall–Kier alpha value is -2.04. The number of carbonyl (C=O) groups excluding carboxylic acids is 2. The molecule has 6 atom stereocenters. The summed E-state index contributed by atoms with van der Waals surface area (Å²) in [6.07, 6.45) is -7.18. The zero-order chi connectivity index (χ0) is 20.7. The number of esters is 2. The molecular weight excluding hydrogens is 372 g/mol. The van der Waals surface area contributed by atoms with Crippen LogP contribution in [0.3, 0.4) is 0 Å². The van der Waals surface area contributed by atoms with Crippen LogP contribution in [0.25, 0.3) is 0 Å². The van der Waals surface area contributed by atoms with Crippen molar-refractivity contribution in [2.45, 2.75) is 57.3 Å². The predicted molar refractivity (Wildman–Crippen MR) is 94.9 cm³/mol. The van der Waals surface area contributed by atoms with E-state index in [4.69, 9.17) is 23.7 Å². The number of aliphatic hydroxyl groups is 2. The van der Waals surface area contributed by atoms with Gasteiger partial charge in [0.15, 0.2) is 12.4 Å². The van der Waals surface area contributed by atoms with Crippen molar-refractivity contribution in [2.24, 2.45) is 0 Å². The first kappa shape index (κ1) is 22.3. The molecule has 0 aromatic heterocycles. The van der Waals surface area contributed by atoms with Gasteiger partial charge in [-0.25, -0.2) is 0 Å². The maximum atomic E-state index is 11.4. The van der Waals surface area contributed by atoms with Crippen LogP contribution in [0.4, 0.5) is 0 Å². The lowest BCUT2D eigenvalue weighted by atomic mass is 9.95. The second-order valence-electron chi connectivity index (χ2n) is 6.40. The van der Waals surface area contributed by atoms with Crippen LogP contribution >= 0.6 is 0 Å². The van der Waals surface area contributed by atoms with Gasteiger partial charge in [0.05, 0.1) is 6.61 Å². The number of methoxy groups -OCH3 is 1. The third-order valence-electron chi connectivity index (χ3n) is 4.23. The quantitative estimate of drug-likeness (QED) is 0.590. The average Bonchev–Trinajstić information content (AvgIpc) is 2.66. The summed E-state index contributed by atoms with van der Waals surface area (Å²) < 4.78 is 26.6. The van der Waals surface area contributed by atoms with Gasteiger partial charge in [0.1, 0.15) is 31.0 Å². The van der Waals surface area contributed by atoms with Gasteiger partial charge in [0, 0.05) is 21.0 Å². The Bertz CT molecular complexity index is 634. The lowest BCUT2D eigenvalue weighted by molar-refractivity contribution is -0.316. The molecule has 1 aromatic carbocycles. The van der Waals surface area contributed by atoms with E-state index in [-0.39, 0.29) is 13.2 Å². The molecule has 1 aliphatic rings. The zero-order valence-electron chi connectivity index (χ0n) is 16.0. The first-order valence-electron chi connectivity index (χ1n) is 8.84. The van der Waals surface area contributed by atoms with Crippen molar-refractivity contribution in [3.05, 3.63) is 35.9 Å². The van der Waals surface area contributed by atoms with Gasteiger partial charge in [-0.2, -0.15) is 0 Å². The molecule has 1 aromatic rings. The molecule has 1 saturated heterocycles. The van der Waals surface area contributed by atoms with Crippen molar-refractivity contribution < 1.29 is 43.5 Å². The first-order valence-corrected chi connectivity index (χ1v) is 8.84. The number of hydrogen-bond acceptors (Lipinski definition) is 9. The molecule has 0 spiro atoms. The summed E-state index contributed by atoms with van der Waals surface area (Å²) in [5, 5.41) is 21.1. The second kappa shape index (κ2) is 10.5. The minimum absolute atomic E-state index is 0.171. The fourth-order valence-corrected chi connectivity index (χ4v) is 2.91. The normalized spacial score (nSPS) is 28.4. The first-order chi connectivity index (χ1) is 13.3. The van der Waals surface area contributed by atoms with E-state index >= 15 is 0 Å². The molecule has 2 N–H and O–H groups in total. The molecule has 2 rings (SSSR count). The SMILES string of the molecule is CO[C@H]1O[C@H]([C@H](COC(C)=O)OC(C)=O)[C@@H](O)[C@H](O)[C@@H]1OCc1ccccc1. The molecule has 0 unspecified atom stereocenters. The van der Waals surface area contributed by atoms with Crippen LogP contribution in [-0.2, 0) is 39.9 Å². The van der Waals surface area contributed by atoms with Crippen LogP contribution in [0, 0.1) is 0 Å². The summed E-state index contributed by atoms with van der Waals surface area (Å²) in [4.78, 5) is 22.5. The zero-order valence-corrected chi connectivity index (χ0v) is 16.0. The monoisotopic (exact) mass is 398 g/mol. The molecule has 1 heterocycles. The fraction of sp³-hybridized carbons (Fsp3) is 0.579. The lowest BCUT2D eigenvalue weighted by Crippen LogP contribution is -2.62. The van der Waals surface area contributed by atoms with Crippen molar-refractivity contribution in [3.8, 4) is 0 Å². The number of hydrogen-bond donors (Lipinski definition) is 2. The minimum Gasteiger partial charge on any atom is -0.462 e. The molecule has 0 amide bonds. The Morgan fingerprint density at radius 3 is 2.36 bits per heavy atom. The molecule has 1 aliphatic heterocycles. The minimum atomic E-state index is -1.47. The summed E-state index contributed by atoms with van der Waals surface area (Å²) in [6, 6.07) is 9.28. The number of rotatable bonds is 8. The number of ether oxygens (including phenoxy) is 5. The molecule has 0 bridgehead atoms. The van der Waals surface area contributed by atoms with Crippen molar-refractivity contribution in [2.75, 3.05) is 13.7 Å². The van der Waals surface area contributed by atoms with Crippen molar-refractivity contribution >= 4 is 11.9 Å². The maximum absolute atomic E-state index is 11.4. The van der Waals surface area contributed by atoms with E-state index in [1.807, 2.05) is 30.3 Å². The highest BCUT2D eigenvalue weighted by Crippen LogP contribution is 2.28. The summed E-state index contributed by atoms with van der Waals surface area (Å²) in [6.45, 7) is 2.20. The molecule has 0 saturated carbocycles. The van der Waals surface area contributed by atoms with Crippen molar-refractivity contribution in [1.82, 2.24) is 0 Å². The van der Waals surface area contributed by atoms with E-state index in [0.717, 1.165) is 5.56 Å². The van der Waals surface area contributed by atoms with Crippen LogP contribution in [-0.4, -0.2) is 72.7 Å². The molecule has 28 heavy (non-hydrogen) atoms. The standard InChI is InChI=1S/C19H26O9/c1-11(20)25-10-14(27-12(2)21)17-15(22)16(23)18(19(24-3)28-17)26-9-13-7-5-4-6-8-13/h4-8,14-19,22-23H,9-10H2,1-3H3/t14-,15-,16-,17+,18-,19-/m0/s1. The van der Waals surface area contributed by atoms with Gasteiger partial charge in [-0.05, 0) is 5.56 Å². The van der Waals surface area contributed by atoms with Crippen LogP contribution in [0.2, 0.25) is 0 Å². The van der Waals surface area contributed by atoms with Gasteiger partial charge in [-0.15, -0.1) is 0 Å². The van der Waals surface area contributed by atoms with Gasteiger partial charge in [-0.3, -0.25) is 9.59 Å². The van der Waals surface area contributed by atoms with Gasteiger partial charge in [0.2, 0.25) is 0 Å². The van der Waals surface area contributed by atoms with E-state index in [0.29, 0.717) is 0 Å². The van der Waals surface area contributed by atoms with Gasteiger partial charge < -0.3 is 33.9 Å². The topological polar surface area (TPSA) is 121 Å². The van der Waals surface area contributed by atoms with Crippen LogP contribution in [0.5, 0.6) is 0 Å². The van der Waals surface area contributed by atoms with Crippen molar-refractivity contribution in [1.29, 1.82) is 0 Å². The van der Waals surface area contributed by atoms with E-state index < -0.39 is 48.7 Å². The van der Waals surface area contributed by atoms with Crippen LogP contribution in [0.1, 0.15) is 19.4 Å². The summed E-state index contributed by atoms with van der Waals surface area (Å²) in [5.41, 5.74) is 0.869.